The molecular formula is C16H19F2NO2. The molecule has 0 radical (unpaired) electrons. The fraction of sp³-hybridized carbons (Fsp3) is 0.562. The lowest BCUT2D eigenvalue weighted by molar-refractivity contribution is 0.0344. The molecule has 0 N–H and O–H groups in total. The molecule has 0 aliphatic carbocycles. The van der Waals surface area contributed by atoms with Crippen LogP contribution in [0.1, 0.15) is 25.8 Å². The molecule has 1 saturated heterocycles. The van der Waals surface area contributed by atoms with Crippen molar-refractivity contribution in [2.75, 3.05) is 13.3 Å². The number of hydrogen-bond donors (Lipinski definition) is 0. The molecule has 1 fully saturated rings. The summed E-state index contributed by atoms with van der Waals surface area (Å²) >= 11 is 0. The molecule has 2 aliphatic rings. The molecular weight excluding hydrogens is 276 g/mol. The minimum absolute atomic E-state index is 0.179. The van der Waals surface area contributed by atoms with Crippen LogP contribution in [-0.2, 0) is 15.0 Å². The molecule has 3 nitrogen and oxygen atoms in total. The van der Waals surface area contributed by atoms with Crippen LogP contribution >= 0.6 is 0 Å². The van der Waals surface area contributed by atoms with Crippen molar-refractivity contribution in [1.29, 1.82) is 0 Å². The summed E-state index contributed by atoms with van der Waals surface area (Å²) in [7, 11) is 0. The Balaban J connectivity index is 2.17. The first kappa shape index (κ1) is 14.4. The predicted octanol–water partition coefficient (Wildman–Crippen LogP) is 3.23. The van der Waals surface area contributed by atoms with Gasteiger partial charge in [-0.05, 0) is 12.5 Å². The topological polar surface area (TPSA) is 30.8 Å². The van der Waals surface area contributed by atoms with E-state index in [-0.39, 0.29) is 23.7 Å². The van der Waals surface area contributed by atoms with Gasteiger partial charge in [-0.2, -0.15) is 0 Å². The zero-order chi connectivity index (χ0) is 15.0. The summed E-state index contributed by atoms with van der Waals surface area (Å²) in [5.74, 6) is -0.361. The van der Waals surface area contributed by atoms with Crippen molar-refractivity contribution < 1.29 is 18.3 Å². The lowest BCUT2D eigenvalue weighted by Crippen LogP contribution is -2.50. The molecule has 2 aliphatic heterocycles. The summed E-state index contributed by atoms with van der Waals surface area (Å²) in [5.41, 5.74) is -0.968. The van der Waals surface area contributed by atoms with Crippen LogP contribution in [0.25, 0.3) is 0 Å². The van der Waals surface area contributed by atoms with Gasteiger partial charge in [-0.3, -0.25) is 0 Å². The minimum Gasteiger partial charge on any atom is -0.475 e. The largest absolute Gasteiger partial charge is 0.475 e. The lowest BCUT2D eigenvalue weighted by atomic mass is 9.73. The van der Waals surface area contributed by atoms with E-state index in [9.17, 15) is 8.78 Å². The van der Waals surface area contributed by atoms with Gasteiger partial charge in [0.1, 0.15) is 24.1 Å². The first-order valence-electron chi connectivity index (χ1n) is 7.28. The van der Waals surface area contributed by atoms with Crippen molar-refractivity contribution in [2.45, 2.75) is 38.0 Å². The molecule has 4 atom stereocenters. The van der Waals surface area contributed by atoms with Gasteiger partial charge in [-0.1, -0.05) is 25.1 Å². The number of fused-ring (bicyclic) bond motifs is 1. The van der Waals surface area contributed by atoms with Gasteiger partial charge in [0, 0.05) is 12.5 Å². The second-order valence-electron chi connectivity index (χ2n) is 5.63. The molecule has 0 bridgehead atoms. The van der Waals surface area contributed by atoms with Crippen LogP contribution in [0.5, 0.6) is 0 Å². The Morgan fingerprint density at radius 2 is 2.14 bits per heavy atom. The third kappa shape index (κ3) is 2.14. The summed E-state index contributed by atoms with van der Waals surface area (Å²) in [4.78, 5) is 4.40. The quantitative estimate of drug-likeness (QED) is 0.857. The minimum atomic E-state index is -1.25. The lowest BCUT2D eigenvalue weighted by Gasteiger charge is -2.42. The number of halogens is 2. The van der Waals surface area contributed by atoms with Crippen molar-refractivity contribution in [2.24, 2.45) is 10.9 Å². The maximum absolute atomic E-state index is 14.3. The van der Waals surface area contributed by atoms with Gasteiger partial charge >= 0.3 is 0 Å². The summed E-state index contributed by atoms with van der Waals surface area (Å²) in [6.45, 7) is 3.28. The highest BCUT2D eigenvalue weighted by Crippen LogP contribution is 2.47. The molecule has 2 heterocycles. The summed E-state index contributed by atoms with van der Waals surface area (Å²) in [6.07, 6.45) is 0.264. The smallest absolute Gasteiger partial charge is 0.181 e. The third-order valence-corrected chi connectivity index (χ3v) is 4.45. The van der Waals surface area contributed by atoms with Crippen molar-refractivity contribution in [3.8, 4) is 0 Å². The predicted molar refractivity (Wildman–Crippen MR) is 75.6 cm³/mol. The highest BCUT2D eigenvalue weighted by Gasteiger charge is 2.56. The zero-order valence-electron chi connectivity index (χ0n) is 12.2. The fourth-order valence-corrected chi connectivity index (χ4v) is 3.60. The molecule has 1 aromatic carbocycles. The zero-order valence-corrected chi connectivity index (χ0v) is 12.2. The van der Waals surface area contributed by atoms with Crippen molar-refractivity contribution in [3.05, 3.63) is 35.6 Å². The Labute approximate surface area is 123 Å². The van der Waals surface area contributed by atoms with Crippen molar-refractivity contribution >= 4 is 5.90 Å². The highest BCUT2D eigenvalue weighted by molar-refractivity contribution is 5.75. The number of alkyl halides is 1. The number of aliphatic imine (C=N–C) groups is 1. The SMILES string of the molecule is CC[C@@H]1OC[C@H]2OC(C)=N[C@](CF)(c3ccccc3F)[C@@H]12. The summed E-state index contributed by atoms with van der Waals surface area (Å²) < 4.78 is 39.9. The molecule has 1 aromatic rings. The molecule has 0 spiro atoms. The second kappa shape index (κ2) is 5.37. The van der Waals surface area contributed by atoms with E-state index in [2.05, 4.69) is 4.99 Å². The van der Waals surface area contributed by atoms with E-state index in [0.717, 1.165) is 6.42 Å². The maximum Gasteiger partial charge on any atom is 0.181 e. The van der Waals surface area contributed by atoms with Gasteiger partial charge in [0.05, 0.1) is 18.6 Å². The number of ether oxygens (including phenoxy) is 2. The third-order valence-electron chi connectivity index (χ3n) is 4.45. The van der Waals surface area contributed by atoms with Gasteiger partial charge in [-0.25, -0.2) is 13.8 Å². The molecule has 0 aromatic heterocycles. The maximum atomic E-state index is 14.3. The Bertz CT molecular complexity index is 563. The second-order valence-corrected chi connectivity index (χ2v) is 5.63. The van der Waals surface area contributed by atoms with Crippen LogP contribution in [0.15, 0.2) is 29.3 Å². The Hall–Kier alpha value is -1.49. The number of nitrogens with zero attached hydrogens (tertiary/aromatic N) is 1. The molecule has 5 heteroatoms. The van der Waals surface area contributed by atoms with E-state index in [0.29, 0.717) is 12.5 Å². The van der Waals surface area contributed by atoms with Crippen LogP contribution in [0.2, 0.25) is 0 Å². The molecule has 114 valence electrons. The average molecular weight is 295 g/mol. The number of benzene rings is 1. The molecule has 0 saturated carbocycles. The van der Waals surface area contributed by atoms with E-state index >= 15 is 0 Å². The van der Waals surface area contributed by atoms with E-state index in [1.807, 2.05) is 6.92 Å². The van der Waals surface area contributed by atoms with E-state index < -0.39 is 18.0 Å². The Kier molecular flexibility index (Phi) is 3.69. The van der Waals surface area contributed by atoms with Crippen LogP contribution < -0.4 is 0 Å². The first-order chi connectivity index (χ1) is 10.1. The summed E-state index contributed by atoms with van der Waals surface area (Å²) in [5, 5.41) is 0. The van der Waals surface area contributed by atoms with Gasteiger partial charge in [0.25, 0.3) is 0 Å². The van der Waals surface area contributed by atoms with Gasteiger partial charge in [0.15, 0.2) is 5.90 Å². The number of hydrogen-bond acceptors (Lipinski definition) is 3. The van der Waals surface area contributed by atoms with Crippen LogP contribution in [0.3, 0.4) is 0 Å². The van der Waals surface area contributed by atoms with Crippen LogP contribution in [0.4, 0.5) is 8.78 Å². The standard InChI is InChI=1S/C16H19F2NO2/c1-3-13-15-14(8-20-13)21-10(2)19-16(15,9-17)11-6-4-5-7-12(11)18/h4-7,13-15H,3,8-9H2,1-2H3/t13-,14+,15-,16+/m0/s1. The van der Waals surface area contributed by atoms with Gasteiger partial charge in [-0.15, -0.1) is 0 Å². The normalized spacial score (nSPS) is 35.0. The van der Waals surface area contributed by atoms with E-state index in [1.54, 1.807) is 25.1 Å². The summed E-state index contributed by atoms with van der Waals surface area (Å²) in [6, 6.07) is 6.26. The Morgan fingerprint density at radius 1 is 1.38 bits per heavy atom. The van der Waals surface area contributed by atoms with Gasteiger partial charge in [0.2, 0.25) is 0 Å². The fourth-order valence-electron chi connectivity index (χ4n) is 3.60. The molecule has 3 rings (SSSR count). The monoisotopic (exact) mass is 295 g/mol. The van der Waals surface area contributed by atoms with E-state index in [1.165, 1.54) is 6.07 Å². The molecule has 0 unspecified atom stereocenters. The number of rotatable bonds is 3. The Morgan fingerprint density at radius 3 is 2.81 bits per heavy atom. The van der Waals surface area contributed by atoms with Crippen LogP contribution in [-0.4, -0.2) is 31.4 Å². The first-order valence-corrected chi connectivity index (χ1v) is 7.28. The van der Waals surface area contributed by atoms with Crippen molar-refractivity contribution in [3.63, 3.8) is 0 Å². The van der Waals surface area contributed by atoms with Crippen molar-refractivity contribution in [1.82, 2.24) is 0 Å². The molecule has 0 amide bonds. The average Bonchev–Trinajstić information content (AvgIpc) is 2.90. The highest BCUT2D eigenvalue weighted by atomic mass is 19.1. The van der Waals surface area contributed by atoms with Gasteiger partial charge < -0.3 is 9.47 Å². The van der Waals surface area contributed by atoms with E-state index in [4.69, 9.17) is 9.47 Å². The van der Waals surface area contributed by atoms with Crippen LogP contribution in [0, 0.1) is 11.7 Å². The molecule has 21 heavy (non-hydrogen) atoms.